The predicted octanol–water partition coefficient (Wildman–Crippen LogP) is 4.06. The maximum atomic E-state index is 12.5. The van der Waals surface area contributed by atoms with Crippen molar-refractivity contribution in [2.45, 2.75) is 39.3 Å². The molecule has 0 bridgehead atoms. The number of hydrogen-bond donors (Lipinski definition) is 1. The fourth-order valence-corrected chi connectivity index (χ4v) is 2.63. The van der Waals surface area contributed by atoms with Crippen LogP contribution in [0.5, 0.6) is 5.75 Å². The van der Waals surface area contributed by atoms with Crippen LogP contribution in [-0.4, -0.2) is 47.2 Å². The van der Waals surface area contributed by atoms with Gasteiger partial charge in [-0.3, -0.25) is 9.78 Å². The number of aromatic nitrogens is 1. The van der Waals surface area contributed by atoms with Gasteiger partial charge in [-0.1, -0.05) is 17.7 Å². The van der Waals surface area contributed by atoms with Crippen LogP contribution in [0.4, 0.5) is 4.79 Å². The van der Waals surface area contributed by atoms with E-state index in [0.29, 0.717) is 36.8 Å². The summed E-state index contributed by atoms with van der Waals surface area (Å²) in [4.78, 5) is 30.2. The monoisotopic (exact) mass is 433 g/mol. The molecule has 8 heteroatoms. The Morgan fingerprint density at radius 1 is 1.17 bits per heavy atom. The SMILES string of the molecule is CC(C)(C)OC(=O)N(CCCNC(=O)COc1ccc(Cl)cc1)Cc1cccnc1. The summed E-state index contributed by atoms with van der Waals surface area (Å²) in [6.07, 6.45) is 3.58. The number of ether oxygens (including phenoxy) is 2. The molecule has 2 aromatic rings. The summed E-state index contributed by atoms with van der Waals surface area (Å²) in [7, 11) is 0. The van der Waals surface area contributed by atoms with E-state index in [1.165, 1.54) is 0 Å². The molecule has 0 aliphatic rings. The van der Waals surface area contributed by atoms with E-state index in [1.54, 1.807) is 41.6 Å². The zero-order valence-corrected chi connectivity index (χ0v) is 18.3. The van der Waals surface area contributed by atoms with Gasteiger partial charge in [-0.05, 0) is 63.1 Å². The van der Waals surface area contributed by atoms with E-state index in [0.717, 1.165) is 5.56 Å². The molecule has 1 N–H and O–H groups in total. The fraction of sp³-hybridized carbons (Fsp3) is 0.409. The first-order valence-corrected chi connectivity index (χ1v) is 10.1. The van der Waals surface area contributed by atoms with E-state index in [1.807, 2.05) is 32.9 Å². The standard InChI is InChI=1S/C22H28ClN3O4/c1-22(2,3)30-21(28)26(15-17-6-4-11-24-14-17)13-5-12-25-20(27)16-29-19-9-7-18(23)8-10-19/h4,6-11,14H,5,12-13,15-16H2,1-3H3,(H,25,27). The molecular weight excluding hydrogens is 406 g/mol. The van der Waals surface area contributed by atoms with Gasteiger partial charge in [-0.15, -0.1) is 0 Å². The number of hydrogen-bond acceptors (Lipinski definition) is 5. The second-order valence-electron chi connectivity index (χ2n) is 7.71. The third-order valence-electron chi connectivity index (χ3n) is 3.86. The van der Waals surface area contributed by atoms with Gasteiger partial charge in [0, 0.05) is 30.5 Å². The molecule has 1 aromatic heterocycles. The first-order chi connectivity index (χ1) is 14.2. The molecule has 1 heterocycles. The molecule has 0 aliphatic heterocycles. The number of rotatable bonds is 9. The smallest absolute Gasteiger partial charge is 0.410 e. The Labute approximate surface area is 182 Å². The lowest BCUT2D eigenvalue weighted by molar-refractivity contribution is -0.123. The summed E-state index contributed by atoms with van der Waals surface area (Å²) < 4.78 is 10.9. The van der Waals surface area contributed by atoms with Crippen molar-refractivity contribution >= 4 is 23.6 Å². The molecule has 1 aromatic carbocycles. The normalized spacial score (nSPS) is 10.9. The molecule has 0 saturated carbocycles. The summed E-state index contributed by atoms with van der Waals surface area (Å²) in [6, 6.07) is 10.5. The summed E-state index contributed by atoms with van der Waals surface area (Å²) >= 11 is 5.82. The van der Waals surface area contributed by atoms with Crippen LogP contribution in [0.3, 0.4) is 0 Å². The van der Waals surface area contributed by atoms with Crippen molar-refractivity contribution in [3.8, 4) is 5.75 Å². The van der Waals surface area contributed by atoms with E-state index in [4.69, 9.17) is 21.1 Å². The average Bonchev–Trinajstić information content (AvgIpc) is 2.69. The minimum absolute atomic E-state index is 0.0902. The van der Waals surface area contributed by atoms with E-state index < -0.39 is 11.7 Å². The number of benzene rings is 1. The minimum atomic E-state index is -0.586. The molecule has 7 nitrogen and oxygen atoms in total. The Morgan fingerprint density at radius 2 is 1.90 bits per heavy atom. The van der Waals surface area contributed by atoms with Crippen LogP contribution in [-0.2, 0) is 16.1 Å². The van der Waals surface area contributed by atoms with Crippen LogP contribution >= 0.6 is 11.6 Å². The first kappa shape index (κ1) is 23.5. The summed E-state index contributed by atoms with van der Waals surface area (Å²) in [5, 5.41) is 3.39. The molecule has 30 heavy (non-hydrogen) atoms. The second-order valence-corrected chi connectivity index (χ2v) is 8.15. The van der Waals surface area contributed by atoms with E-state index >= 15 is 0 Å². The van der Waals surface area contributed by atoms with Crippen LogP contribution < -0.4 is 10.1 Å². The molecule has 0 spiro atoms. The van der Waals surface area contributed by atoms with Crippen LogP contribution in [0.25, 0.3) is 0 Å². The zero-order valence-electron chi connectivity index (χ0n) is 17.6. The molecule has 2 amide bonds. The van der Waals surface area contributed by atoms with Crippen molar-refractivity contribution in [3.63, 3.8) is 0 Å². The third kappa shape index (κ3) is 9.13. The number of pyridine rings is 1. The maximum absolute atomic E-state index is 12.5. The lowest BCUT2D eigenvalue weighted by Crippen LogP contribution is -2.38. The summed E-state index contributed by atoms with van der Waals surface area (Å²) in [5.41, 5.74) is 0.320. The predicted molar refractivity (Wildman–Crippen MR) is 115 cm³/mol. The van der Waals surface area contributed by atoms with Crippen molar-refractivity contribution in [3.05, 3.63) is 59.4 Å². The minimum Gasteiger partial charge on any atom is -0.484 e. The lowest BCUT2D eigenvalue weighted by Gasteiger charge is -2.27. The van der Waals surface area contributed by atoms with Gasteiger partial charge < -0.3 is 19.7 Å². The molecule has 0 atom stereocenters. The number of amides is 2. The Hall–Kier alpha value is -2.80. The van der Waals surface area contributed by atoms with Gasteiger partial charge in [-0.2, -0.15) is 0 Å². The topological polar surface area (TPSA) is 80.8 Å². The van der Waals surface area contributed by atoms with Gasteiger partial charge in [0.15, 0.2) is 6.61 Å². The molecular formula is C22H28ClN3O4. The van der Waals surface area contributed by atoms with Crippen molar-refractivity contribution in [2.75, 3.05) is 19.7 Å². The van der Waals surface area contributed by atoms with Gasteiger partial charge >= 0.3 is 6.09 Å². The largest absolute Gasteiger partial charge is 0.484 e. The van der Waals surface area contributed by atoms with Gasteiger partial charge in [-0.25, -0.2) is 4.79 Å². The maximum Gasteiger partial charge on any atom is 0.410 e. The average molecular weight is 434 g/mol. The quantitative estimate of drug-likeness (QED) is 0.603. The van der Waals surface area contributed by atoms with Gasteiger partial charge in [0.2, 0.25) is 0 Å². The summed E-state index contributed by atoms with van der Waals surface area (Å²) in [6.45, 7) is 6.62. The van der Waals surface area contributed by atoms with Crippen molar-refractivity contribution in [1.82, 2.24) is 15.2 Å². The Kier molecular flexibility index (Phi) is 8.92. The molecule has 0 fully saturated rings. The highest BCUT2D eigenvalue weighted by Gasteiger charge is 2.22. The van der Waals surface area contributed by atoms with Crippen LogP contribution in [0.15, 0.2) is 48.8 Å². The molecule has 0 aliphatic carbocycles. The highest BCUT2D eigenvalue weighted by Crippen LogP contribution is 2.15. The van der Waals surface area contributed by atoms with Crippen molar-refractivity contribution < 1.29 is 19.1 Å². The van der Waals surface area contributed by atoms with Crippen molar-refractivity contribution in [2.24, 2.45) is 0 Å². The number of carbonyl (C=O) groups is 2. The molecule has 0 saturated heterocycles. The number of nitrogens with one attached hydrogen (secondary N) is 1. The second kappa shape index (κ2) is 11.4. The third-order valence-corrected chi connectivity index (χ3v) is 4.11. The molecule has 2 rings (SSSR count). The van der Waals surface area contributed by atoms with E-state index in [2.05, 4.69) is 10.3 Å². The number of halogens is 1. The van der Waals surface area contributed by atoms with Gasteiger partial charge in [0.1, 0.15) is 11.4 Å². The molecule has 0 radical (unpaired) electrons. The van der Waals surface area contributed by atoms with Crippen LogP contribution in [0.1, 0.15) is 32.8 Å². The zero-order chi connectivity index (χ0) is 22.0. The molecule has 0 unspecified atom stereocenters. The van der Waals surface area contributed by atoms with Crippen LogP contribution in [0.2, 0.25) is 5.02 Å². The Morgan fingerprint density at radius 3 is 2.53 bits per heavy atom. The Bertz CT molecular complexity index is 807. The number of carbonyl (C=O) groups excluding carboxylic acids is 2. The highest BCUT2D eigenvalue weighted by atomic mass is 35.5. The van der Waals surface area contributed by atoms with Crippen molar-refractivity contribution in [1.29, 1.82) is 0 Å². The van der Waals surface area contributed by atoms with E-state index in [9.17, 15) is 9.59 Å². The van der Waals surface area contributed by atoms with Gasteiger partial charge in [0.05, 0.1) is 6.54 Å². The van der Waals surface area contributed by atoms with Crippen LogP contribution in [0, 0.1) is 0 Å². The summed E-state index contributed by atoms with van der Waals surface area (Å²) in [5.74, 6) is 0.336. The van der Waals surface area contributed by atoms with E-state index in [-0.39, 0.29) is 12.5 Å². The lowest BCUT2D eigenvalue weighted by atomic mass is 10.2. The number of nitrogens with zero attached hydrogens (tertiary/aromatic N) is 2. The molecule has 162 valence electrons. The van der Waals surface area contributed by atoms with Gasteiger partial charge in [0.25, 0.3) is 5.91 Å². The highest BCUT2D eigenvalue weighted by molar-refractivity contribution is 6.30. The first-order valence-electron chi connectivity index (χ1n) is 9.75. The Balaban J connectivity index is 1.78. The fourth-order valence-electron chi connectivity index (χ4n) is 2.50.